The highest BCUT2D eigenvalue weighted by molar-refractivity contribution is 5.95. The van der Waals surface area contributed by atoms with Crippen molar-refractivity contribution in [3.8, 4) is 0 Å². The number of nitrogens with zero attached hydrogens (tertiary/aromatic N) is 2. The van der Waals surface area contributed by atoms with E-state index >= 15 is 0 Å². The van der Waals surface area contributed by atoms with Crippen LogP contribution in [0.2, 0.25) is 0 Å². The number of carbonyl (C=O) groups excluding carboxylic acids is 2. The molecule has 0 bridgehead atoms. The number of aryl methyl sites for hydroxylation is 1. The Bertz CT molecular complexity index is 1040. The molecular formula is C23H29N3O4. The molecule has 30 heavy (non-hydrogen) atoms. The minimum atomic E-state index is -0.892. The minimum absolute atomic E-state index is 0.0732. The van der Waals surface area contributed by atoms with E-state index in [1.54, 1.807) is 29.7 Å². The van der Waals surface area contributed by atoms with Crippen LogP contribution in [0.5, 0.6) is 0 Å². The van der Waals surface area contributed by atoms with Crippen LogP contribution >= 0.6 is 0 Å². The van der Waals surface area contributed by atoms with E-state index in [1.165, 1.54) is 6.42 Å². The number of rotatable bonds is 4. The lowest BCUT2D eigenvalue weighted by Crippen LogP contribution is -2.47. The van der Waals surface area contributed by atoms with E-state index in [0.717, 1.165) is 31.5 Å². The smallest absolute Gasteiger partial charge is 0.338 e. The van der Waals surface area contributed by atoms with E-state index in [4.69, 9.17) is 4.74 Å². The number of amides is 1. The molecule has 1 N–H and O–H groups in total. The molecule has 4 rings (SSSR count). The van der Waals surface area contributed by atoms with Gasteiger partial charge in [-0.05, 0) is 49.8 Å². The van der Waals surface area contributed by atoms with Crippen LogP contribution in [0.15, 0.2) is 23.0 Å². The fourth-order valence-corrected chi connectivity index (χ4v) is 4.58. The summed E-state index contributed by atoms with van der Waals surface area (Å²) in [7, 11) is 0. The van der Waals surface area contributed by atoms with Gasteiger partial charge in [-0.15, -0.1) is 0 Å². The van der Waals surface area contributed by atoms with Crippen LogP contribution in [0.25, 0.3) is 10.9 Å². The van der Waals surface area contributed by atoms with E-state index in [2.05, 4.69) is 24.1 Å². The molecule has 2 heterocycles. The molecule has 7 heteroatoms. The molecule has 1 saturated carbocycles. The zero-order chi connectivity index (χ0) is 21.4. The summed E-state index contributed by atoms with van der Waals surface area (Å²) < 4.78 is 7.11. The molecule has 2 aliphatic rings. The van der Waals surface area contributed by atoms with Gasteiger partial charge >= 0.3 is 5.97 Å². The van der Waals surface area contributed by atoms with E-state index in [9.17, 15) is 14.4 Å². The number of hydrogen-bond acceptors (Lipinski definition) is 5. The molecule has 4 atom stereocenters. The van der Waals surface area contributed by atoms with Gasteiger partial charge in [0.05, 0.1) is 16.5 Å². The highest BCUT2D eigenvalue weighted by Crippen LogP contribution is 2.29. The Kier molecular flexibility index (Phi) is 5.62. The number of ether oxygens (including phenoxy) is 1. The van der Waals surface area contributed by atoms with Crippen molar-refractivity contribution in [1.82, 2.24) is 14.9 Å². The number of hydrogen-bond donors (Lipinski definition) is 1. The van der Waals surface area contributed by atoms with E-state index in [0.29, 0.717) is 29.3 Å². The first kappa shape index (κ1) is 20.6. The summed E-state index contributed by atoms with van der Waals surface area (Å²) >= 11 is 0. The highest BCUT2D eigenvalue weighted by Gasteiger charge is 2.30. The summed E-state index contributed by atoms with van der Waals surface area (Å²) in [5, 5.41) is 3.54. The van der Waals surface area contributed by atoms with Crippen LogP contribution in [0.4, 0.5) is 0 Å². The van der Waals surface area contributed by atoms with Gasteiger partial charge in [0.15, 0.2) is 6.10 Å². The molecule has 1 aliphatic carbocycles. The van der Waals surface area contributed by atoms with Gasteiger partial charge in [0, 0.05) is 19.0 Å². The maximum atomic E-state index is 12.6. The third-order valence-corrected chi connectivity index (χ3v) is 6.74. The van der Waals surface area contributed by atoms with Crippen molar-refractivity contribution in [2.45, 2.75) is 71.6 Å². The predicted molar refractivity (Wildman–Crippen MR) is 113 cm³/mol. The number of carbonyl (C=O) groups is 2. The molecule has 0 spiro atoms. The maximum Gasteiger partial charge on any atom is 0.338 e. The molecule has 1 aromatic carbocycles. The summed E-state index contributed by atoms with van der Waals surface area (Å²) in [6.07, 6.45) is 4.00. The van der Waals surface area contributed by atoms with Crippen LogP contribution in [-0.4, -0.2) is 33.6 Å². The molecule has 160 valence electrons. The number of benzene rings is 1. The monoisotopic (exact) mass is 411 g/mol. The van der Waals surface area contributed by atoms with E-state index in [-0.39, 0.29) is 23.1 Å². The third kappa shape index (κ3) is 3.85. The number of fused-ring (bicyclic) bond motifs is 2. The topological polar surface area (TPSA) is 90.3 Å². The van der Waals surface area contributed by atoms with Crippen LogP contribution in [-0.2, 0) is 22.5 Å². The molecule has 0 radical (unpaired) electrons. The van der Waals surface area contributed by atoms with Crippen LogP contribution in [0, 0.1) is 11.8 Å². The highest BCUT2D eigenvalue weighted by atomic mass is 16.5. The molecule has 1 fully saturated rings. The molecule has 7 nitrogen and oxygen atoms in total. The molecular weight excluding hydrogens is 382 g/mol. The van der Waals surface area contributed by atoms with Crippen molar-refractivity contribution in [3.63, 3.8) is 0 Å². The Labute approximate surface area is 175 Å². The largest absolute Gasteiger partial charge is 0.449 e. The second-order valence-electron chi connectivity index (χ2n) is 8.75. The number of aromatic nitrogens is 2. The van der Waals surface area contributed by atoms with Crippen molar-refractivity contribution in [3.05, 3.63) is 39.9 Å². The average molecular weight is 412 g/mol. The van der Waals surface area contributed by atoms with Crippen LogP contribution in [0.3, 0.4) is 0 Å². The fraction of sp³-hybridized carbons (Fsp3) is 0.565. The standard InChI is InChI=1S/C23H29N3O4/c1-13-6-4-7-18(14(13)2)25-21(27)15(3)30-23(29)16-9-10-17-19(12-16)24-20-8-5-11-26(20)22(17)28/h9-10,12-15,18H,4-8,11H2,1-3H3,(H,25,27)/t13-,14-,15-,18+/m1/s1. The summed E-state index contributed by atoms with van der Waals surface area (Å²) in [5.74, 6) is 0.855. The molecule has 0 saturated heterocycles. The fourth-order valence-electron chi connectivity index (χ4n) is 4.58. The van der Waals surface area contributed by atoms with Crippen molar-refractivity contribution < 1.29 is 14.3 Å². The van der Waals surface area contributed by atoms with Crippen molar-refractivity contribution in [2.75, 3.05) is 0 Å². The van der Waals surface area contributed by atoms with Gasteiger partial charge in [0.2, 0.25) is 0 Å². The average Bonchev–Trinajstić information content (AvgIpc) is 3.19. The van der Waals surface area contributed by atoms with Gasteiger partial charge in [-0.1, -0.05) is 26.7 Å². The van der Waals surface area contributed by atoms with Gasteiger partial charge in [-0.3, -0.25) is 14.2 Å². The first-order valence-corrected chi connectivity index (χ1v) is 10.9. The Balaban J connectivity index is 1.45. The summed E-state index contributed by atoms with van der Waals surface area (Å²) in [4.78, 5) is 42.3. The summed E-state index contributed by atoms with van der Waals surface area (Å²) in [6, 6.07) is 4.86. The summed E-state index contributed by atoms with van der Waals surface area (Å²) in [6.45, 7) is 6.64. The first-order valence-electron chi connectivity index (χ1n) is 10.9. The van der Waals surface area contributed by atoms with E-state index < -0.39 is 12.1 Å². The quantitative estimate of drug-likeness (QED) is 0.782. The van der Waals surface area contributed by atoms with Gasteiger partial charge in [-0.2, -0.15) is 0 Å². The lowest BCUT2D eigenvalue weighted by atomic mass is 9.78. The predicted octanol–water partition coefficient (Wildman–Crippen LogP) is 2.83. The first-order chi connectivity index (χ1) is 14.3. The lowest BCUT2D eigenvalue weighted by molar-refractivity contribution is -0.130. The Morgan fingerprint density at radius 2 is 2.03 bits per heavy atom. The third-order valence-electron chi connectivity index (χ3n) is 6.74. The van der Waals surface area contributed by atoms with Gasteiger partial charge in [0.1, 0.15) is 5.82 Å². The molecule has 1 aromatic heterocycles. The van der Waals surface area contributed by atoms with E-state index in [1.807, 2.05) is 0 Å². The Morgan fingerprint density at radius 1 is 1.23 bits per heavy atom. The normalized spacial score (nSPS) is 24.3. The zero-order valence-corrected chi connectivity index (χ0v) is 17.8. The second kappa shape index (κ2) is 8.20. The number of esters is 1. The molecule has 2 aromatic rings. The Hall–Kier alpha value is -2.70. The summed E-state index contributed by atoms with van der Waals surface area (Å²) in [5.41, 5.74) is 0.706. The molecule has 0 unspecified atom stereocenters. The van der Waals surface area contributed by atoms with Gasteiger partial charge < -0.3 is 10.1 Å². The molecule has 1 aliphatic heterocycles. The molecule has 1 amide bonds. The van der Waals surface area contributed by atoms with Gasteiger partial charge in [-0.25, -0.2) is 9.78 Å². The van der Waals surface area contributed by atoms with Gasteiger partial charge in [0.25, 0.3) is 11.5 Å². The van der Waals surface area contributed by atoms with Crippen LogP contribution in [0.1, 0.15) is 62.6 Å². The SMILES string of the molecule is C[C@@H]1[C@H](C)CCC[C@@H]1NC(=O)[C@@H](C)OC(=O)c1ccc2c(=O)n3c(nc2c1)CCC3. The second-order valence-corrected chi connectivity index (χ2v) is 8.75. The minimum Gasteiger partial charge on any atom is -0.449 e. The van der Waals surface area contributed by atoms with Crippen molar-refractivity contribution in [1.29, 1.82) is 0 Å². The maximum absolute atomic E-state index is 12.6. The zero-order valence-electron chi connectivity index (χ0n) is 17.8. The van der Waals surface area contributed by atoms with Crippen LogP contribution < -0.4 is 10.9 Å². The van der Waals surface area contributed by atoms with Crippen molar-refractivity contribution in [2.24, 2.45) is 11.8 Å². The number of nitrogens with one attached hydrogen (secondary N) is 1. The van der Waals surface area contributed by atoms with Crippen molar-refractivity contribution >= 4 is 22.8 Å². The lowest BCUT2D eigenvalue weighted by Gasteiger charge is -2.35. The Morgan fingerprint density at radius 3 is 2.83 bits per heavy atom.